The number of hydrogen-bond acceptors (Lipinski definition) is 2. The first-order valence-electron chi connectivity index (χ1n) is 9.50. The van der Waals surface area contributed by atoms with E-state index in [1.807, 2.05) is 35.2 Å². The number of carbonyl (C=O) groups excluding carboxylic acids is 1. The van der Waals surface area contributed by atoms with Crippen molar-refractivity contribution in [3.63, 3.8) is 0 Å². The van der Waals surface area contributed by atoms with Gasteiger partial charge in [0.05, 0.1) is 11.0 Å². The predicted molar refractivity (Wildman–Crippen MR) is 104 cm³/mol. The van der Waals surface area contributed by atoms with Crippen LogP contribution in [-0.2, 0) is 0 Å². The summed E-state index contributed by atoms with van der Waals surface area (Å²) in [5.74, 6) is 1.56. The molecule has 2 fully saturated rings. The second-order valence-corrected chi connectivity index (χ2v) is 8.32. The number of halogens is 1. The highest BCUT2D eigenvalue weighted by molar-refractivity contribution is 6.30. The lowest BCUT2D eigenvalue weighted by Gasteiger charge is -2.31. The number of amides is 1. The van der Waals surface area contributed by atoms with E-state index >= 15 is 0 Å². The Morgan fingerprint density at radius 3 is 2.77 bits per heavy atom. The number of benzene rings is 1. The minimum atomic E-state index is 0.151. The third kappa shape index (κ3) is 2.77. The smallest absolute Gasteiger partial charge is 0.253 e. The number of fused-ring (bicyclic) bond motifs is 3. The second kappa shape index (κ2) is 6.27. The molecular weight excluding hydrogens is 346 g/mol. The molecule has 2 unspecified atom stereocenters. The van der Waals surface area contributed by atoms with E-state index in [4.69, 9.17) is 11.6 Å². The van der Waals surface area contributed by atoms with Gasteiger partial charge < -0.3 is 4.90 Å². The molecule has 2 aliphatic carbocycles. The molecule has 1 aliphatic heterocycles. The van der Waals surface area contributed by atoms with Crippen molar-refractivity contribution in [3.8, 4) is 0 Å². The lowest BCUT2D eigenvalue weighted by Crippen LogP contribution is -2.40. The summed E-state index contributed by atoms with van der Waals surface area (Å²) in [4.78, 5) is 19.5. The zero-order chi connectivity index (χ0) is 17.7. The number of aromatic nitrogens is 2. The van der Waals surface area contributed by atoms with Crippen LogP contribution in [0.4, 0.5) is 0 Å². The molecular formula is C21H22ClN3O. The van der Waals surface area contributed by atoms with Gasteiger partial charge in [0.25, 0.3) is 5.91 Å². The van der Waals surface area contributed by atoms with E-state index in [0.29, 0.717) is 11.8 Å². The van der Waals surface area contributed by atoms with E-state index in [1.54, 1.807) is 0 Å². The number of rotatable bonds is 2. The van der Waals surface area contributed by atoms with Gasteiger partial charge in [0, 0.05) is 29.4 Å². The first kappa shape index (κ1) is 16.1. The van der Waals surface area contributed by atoms with E-state index in [1.165, 1.54) is 19.3 Å². The van der Waals surface area contributed by atoms with Gasteiger partial charge in [-0.1, -0.05) is 17.7 Å². The largest absolute Gasteiger partial charge is 0.338 e. The van der Waals surface area contributed by atoms with Crippen LogP contribution in [-0.4, -0.2) is 33.4 Å². The van der Waals surface area contributed by atoms with E-state index in [9.17, 15) is 4.79 Å². The van der Waals surface area contributed by atoms with Crippen LogP contribution < -0.4 is 0 Å². The lowest BCUT2D eigenvalue weighted by atomic mass is 9.98. The number of nitrogens with zero attached hydrogens (tertiary/aromatic N) is 3. The summed E-state index contributed by atoms with van der Waals surface area (Å²) < 4.78 is 2.05. The first-order valence-corrected chi connectivity index (χ1v) is 9.88. The van der Waals surface area contributed by atoms with Gasteiger partial charge in [0.1, 0.15) is 6.33 Å². The van der Waals surface area contributed by atoms with Gasteiger partial charge in [-0.05, 0) is 68.2 Å². The van der Waals surface area contributed by atoms with Crippen LogP contribution >= 0.6 is 11.6 Å². The molecule has 2 bridgehead atoms. The Labute approximate surface area is 158 Å². The summed E-state index contributed by atoms with van der Waals surface area (Å²) in [6, 6.07) is 5.87. The molecule has 2 atom stereocenters. The monoisotopic (exact) mass is 367 g/mol. The molecule has 1 saturated heterocycles. The van der Waals surface area contributed by atoms with Gasteiger partial charge in [0.15, 0.2) is 0 Å². The molecule has 0 radical (unpaired) electrons. The molecule has 0 N–H and O–H groups in total. The van der Waals surface area contributed by atoms with Crippen molar-refractivity contribution in [2.45, 2.75) is 32.1 Å². The summed E-state index contributed by atoms with van der Waals surface area (Å²) in [5.41, 5.74) is 3.66. The first-order chi connectivity index (χ1) is 12.7. The Balaban J connectivity index is 1.44. The molecule has 1 aromatic heterocycles. The van der Waals surface area contributed by atoms with E-state index in [2.05, 4.69) is 16.0 Å². The Morgan fingerprint density at radius 2 is 2.00 bits per heavy atom. The highest BCUT2D eigenvalue weighted by atomic mass is 35.5. The average molecular weight is 368 g/mol. The summed E-state index contributed by atoms with van der Waals surface area (Å²) in [6.07, 6.45) is 11.7. The zero-order valence-electron chi connectivity index (χ0n) is 14.7. The Morgan fingerprint density at radius 1 is 1.19 bits per heavy atom. The average Bonchev–Trinajstić information content (AvgIpc) is 3.23. The minimum Gasteiger partial charge on any atom is -0.338 e. The number of likely N-dealkylation sites (tertiary alicyclic amines) is 1. The Kier molecular flexibility index (Phi) is 3.89. The van der Waals surface area contributed by atoms with Crippen molar-refractivity contribution in [3.05, 3.63) is 47.3 Å². The third-order valence-electron chi connectivity index (χ3n) is 6.01. The van der Waals surface area contributed by atoms with Crippen molar-refractivity contribution in [2.75, 3.05) is 13.1 Å². The molecule has 5 heteroatoms. The summed E-state index contributed by atoms with van der Waals surface area (Å²) in [5, 5.41) is 0.871. The molecule has 134 valence electrons. The third-order valence-corrected chi connectivity index (χ3v) is 6.31. The van der Waals surface area contributed by atoms with Gasteiger partial charge in [-0.25, -0.2) is 4.98 Å². The summed E-state index contributed by atoms with van der Waals surface area (Å²) in [7, 11) is 0. The topological polar surface area (TPSA) is 38.1 Å². The van der Waals surface area contributed by atoms with Gasteiger partial charge in [-0.2, -0.15) is 0 Å². The van der Waals surface area contributed by atoms with E-state index < -0.39 is 0 Å². The van der Waals surface area contributed by atoms with Crippen LogP contribution in [0.15, 0.2) is 41.7 Å². The van der Waals surface area contributed by atoms with Crippen LogP contribution in [0.3, 0.4) is 0 Å². The number of piperidine rings is 1. The van der Waals surface area contributed by atoms with Gasteiger partial charge in [-0.3, -0.25) is 9.36 Å². The molecule has 4 nitrogen and oxygen atoms in total. The summed E-state index contributed by atoms with van der Waals surface area (Å²) in [6.45, 7) is 1.83. The van der Waals surface area contributed by atoms with Gasteiger partial charge in [-0.15, -0.1) is 0 Å². The van der Waals surface area contributed by atoms with Crippen LogP contribution in [0.1, 0.15) is 42.5 Å². The number of hydrogen-bond donors (Lipinski definition) is 0. The maximum Gasteiger partial charge on any atom is 0.253 e. The molecule has 1 amide bonds. The van der Waals surface area contributed by atoms with Crippen molar-refractivity contribution in [2.24, 2.45) is 11.8 Å². The molecule has 2 aromatic rings. The highest BCUT2D eigenvalue weighted by Crippen LogP contribution is 2.37. The maximum absolute atomic E-state index is 13.0. The number of carbonyl (C=O) groups is 1. The van der Waals surface area contributed by atoms with E-state index in [-0.39, 0.29) is 5.91 Å². The molecule has 3 aliphatic rings. The molecule has 0 spiro atoms. The lowest BCUT2D eigenvalue weighted by molar-refractivity contribution is 0.0662. The highest BCUT2D eigenvalue weighted by Gasteiger charge is 2.35. The predicted octanol–water partition coefficient (Wildman–Crippen LogP) is 4.67. The zero-order valence-corrected chi connectivity index (χ0v) is 15.5. The standard InChI is InChI=1S/C21H22ClN3O/c22-17-2-1-3-18(10-17)25-13-23-19-9-16(6-7-20(19)25)21(26)24-11-14-4-5-15(8-14)12-24/h3,6-7,9-10,13-15H,1-2,4-5,8,11-12H2. The molecule has 2 heterocycles. The Bertz CT molecular complexity index is 930. The molecule has 5 rings (SSSR count). The van der Waals surface area contributed by atoms with Gasteiger partial charge >= 0.3 is 0 Å². The fraction of sp³-hybridized carbons (Fsp3) is 0.429. The number of allylic oxidation sites excluding steroid dienone is 4. The van der Waals surface area contributed by atoms with Crippen molar-refractivity contribution >= 4 is 34.2 Å². The van der Waals surface area contributed by atoms with Crippen LogP contribution in [0.25, 0.3) is 16.7 Å². The fourth-order valence-electron chi connectivity index (χ4n) is 4.73. The molecule has 26 heavy (non-hydrogen) atoms. The quantitative estimate of drug-likeness (QED) is 0.773. The van der Waals surface area contributed by atoms with E-state index in [0.717, 1.165) is 53.3 Å². The molecule has 1 aromatic carbocycles. The van der Waals surface area contributed by atoms with Crippen LogP contribution in [0.5, 0.6) is 0 Å². The minimum absolute atomic E-state index is 0.151. The van der Waals surface area contributed by atoms with Crippen molar-refractivity contribution in [1.82, 2.24) is 14.5 Å². The van der Waals surface area contributed by atoms with Crippen molar-refractivity contribution in [1.29, 1.82) is 0 Å². The SMILES string of the molecule is O=C(c1ccc2c(c1)ncn2C1=CCCC(Cl)=C1)N1CC2CCC(C2)C1. The summed E-state index contributed by atoms with van der Waals surface area (Å²) >= 11 is 6.20. The van der Waals surface area contributed by atoms with Crippen LogP contribution in [0.2, 0.25) is 0 Å². The van der Waals surface area contributed by atoms with Gasteiger partial charge in [0.2, 0.25) is 0 Å². The second-order valence-electron chi connectivity index (χ2n) is 7.83. The maximum atomic E-state index is 13.0. The normalized spacial score (nSPS) is 25.3. The van der Waals surface area contributed by atoms with Crippen molar-refractivity contribution < 1.29 is 4.79 Å². The fourth-order valence-corrected chi connectivity index (χ4v) is 4.95. The van der Waals surface area contributed by atoms with Crippen LogP contribution in [0, 0.1) is 11.8 Å². The Hall–Kier alpha value is -2.07. The molecule has 1 saturated carbocycles. The number of imidazole rings is 1.